The van der Waals surface area contributed by atoms with Crippen LogP contribution in [0.1, 0.15) is 11.1 Å². The lowest BCUT2D eigenvalue weighted by atomic mass is 10.0. The second-order valence-corrected chi connectivity index (χ2v) is 6.96. The molecule has 0 aromatic heterocycles. The fourth-order valence-electron chi connectivity index (χ4n) is 2.27. The van der Waals surface area contributed by atoms with Crippen molar-refractivity contribution >= 4 is 15.7 Å². The highest BCUT2D eigenvalue weighted by molar-refractivity contribution is 7.92. The molecule has 0 heterocycles. The van der Waals surface area contributed by atoms with E-state index in [4.69, 9.17) is 4.74 Å². The molecule has 122 valence electrons. The van der Waals surface area contributed by atoms with Gasteiger partial charge in [0.05, 0.1) is 18.6 Å². The van der Waals surface area contributed by atoms with Crippen molar-refractivity contribution in [1.29, 1.82) is 0 Å². The third-order valence-corrected chi connectivity index (χ3v) is 4.62. The number of rotatable bonds is 8. The van der Waals surface area contributed by atoms with Gasteiger partial charge in [0.15, 0.2) is 0 Å². The quantitative estimate of drug-likeness (QED) is 0.754. The Bertz CT molecular complexity index is 755. The summed E-state index contributed by atoms with van der Waals surface area (Å²) in [4.78, 5) is 0. The molecular formula is C18H21NO3S. The number of methoxy groups -OCH3 is 1. The Morgan fingerprint density at radius 2 is 1.78 bits per heavy atom. The van der Waals surface area contributed by atoms with Crippen LogP contribution in [0.4, 0.5) is 5.69 Å². The maximum absolute atomic E-state index is 11.8. The first-order valence-corrected chi connectivity index (χ1v) is 9.01. The van der Waals surface area contributed by atoms with Crippen LogP contribution in [-0.2, 0) is 22.9 Å². The number of aryl methyl sites for hydroxylation is 2. The molecule has 0 fully saturated rings. The van der Waals surface area contributed by atoms with E-state index in [1.54, 1.807) is 6.07 Å². The monoisotopic (exact) mass is 331 g/mol. The third kappa shape index (κ3) is 5.14. The molecule has 4 nitrogen and oxygen atoms in total. The van der Waals surface area contributed by atoms with Gasteiger partial charge in [-0.05, 0) is 36.1 Å². The summed E-state index contributed by atoms with van der Waals surface area (Å²) in [5.74, 6) is 0.384. The molecule has 0 saturated heterocycles. The Morgan fingerprint density at radius 1 is 1.09 bits per heavy atom. The van der Waals surface area contributed by atoms with Crippen LogP contribution < -0.4 is 9.46 Å². The highest BCUT2D eigenvalue weighted by Gasteiger charge is 2.12. The molecule has 2 aromatic carbocycles. The first-order valence-electron chi connectivity index (χ1n) is 7.36. The zero-order chi connectivity index (χ0) is 16.7. The molecule has 2 rings (SSSR count). The van der Waals surface area contributed by atoms with Gasteiger partial charge in [0.25, 0.3) is 0 Å². The summed E-state index contributed by atoms with van der Waals surface area (Å²) >= 11 is 0. The number of sulfonamides is 1. The van der Waals surface area contributed by atoms with Crippen LogP contribution in [0.25, 0.3) is 0 Å². The van der Waals surface area contributed by atoms with Crippen LogP contribution in [0.3, 0.4) is 0 Å². The molecule has 0 spiro atoms. The molecule has 0 aliphatic heterocycles. The van der Waals surface area contributed by atoms with E-state index >= 15 is 0 Å². The topological polar surface area (TPSA) is 55.4 Å². The van der Waals surface area contributed by atoms with Crippen molar-refractivity contribution in [1.82, 2.24) is 0 Å². The lowest BCUT2D eigenvalue weighted by Crippen LogP contribution is -2.15. The Hall–Kier alpha value is -2.27. The van der Waals surface area contributed by atoms with Gasteiger partial charge in [0, 0.05) is 0 Å². The average molecular weight is 331 g/mol. The first kappa shape index (κ1) is 17.1. The van der Waals surface area contributed by atoms with Crippen molar-refractivity contribution in [3.8, 4) is 5.75 Å². The van der Waals surface area contributed by atoms with Gasteiger partial charge in [-0.2, -0.15) is 0 Å². The lowest BCUT2D eigenvalue weighted by Gasteiger charge is -2.12. The molecular weight excluding hydrogens is 310 g/mol. The van der Waals surface area contributed by atoms with Crippen LogP contribution in [0.2, 0.25) is 0 Å². The Balaban J connectivity index is 2.11. The minimum absolute atomic E-state index is 0.133. The molecule has 0 unspecified atom stereocenters. The molecule has 0 radical (unpaired) electrons. The molecule has 1 N–H and O–H groups in total. The zero-order valence-corrected chi connectivity index (χ0v) is 14.0. The predicted octanol–water partition coefficient (Wildman–Crippen LogP) is 3.41. The minimum atomic E-state index is -3.43. The maximum atomic E-state index is 11.8. The number of benzene rings is 2. The highest BCUT2D eigenvalue weighted by atomic mass is 32.2. The summed E-state index contributed by atoms with van der Waals surface area (Å²) in [5, 5.41) is 0. The largest absolute Gasteiger partial charge is 0.495 e. The van der Waals surface area contributed by atoms with Crippen LogP contribution in [-0.4, -0.2) is 21.3 Å². The van der Waals surface area contributed by atoms with Gasteiger partial charge >= 0.3 is 0 Å². The van der Waals surface area contributed by atoms with Crippen LogP contribution in [0.15, 0.2) is 61.2 Å². The lowest BCUT2D eigenvalue weighted by molar-refractivity contribution is 0.416. The Labute approximate surface area is 137 Å². The SMILES string of the molecule is C=CCS(=O)(=O)Nc1ccc(CCc2ccccc2)cc1OC. The predicted molar refractivity (Wildman–Crippen MR) is 94.5 cm³/mol. The normalized spacial score (nSPS) is 11.0. The Morgan fingerprint density at radius 3 is 2.43 bits per heavy atom. The van der Waals surface area contributed by atoms with Gasteiger partial charge < -0.3 is 4.74 Å². The van der Waals surface area contributed by atoms with Gasteiger partial charge in [0.2, 0.25) is 10.0 Å². The van der Waals surface area contributed by atoms with Gasteiger partial charge in [0.1, 0.15) is 5.75 Å². The summed E-state index contributed by atoms with van der Waals surface area (Å²) in [5.41, 5.74) is 2.80. The molecule has 5 heteroatoms. The summed E-state index contributed by atoms with van der Waals surface area (Å²) in [6.07, 6.45) is 3.13. The number of anilines is 1. The van der Waals surface area contributed by atoms with Crippen molar-refractivity contribution in [2.75, 3.05) is 17.6 Å². The summed E-state index contributed by atoms with van der Waals surface area (Å²) < 4.78 is 31.5. The molecule has 0 aliphatic rings. The van der Waals surface area contributed by atoms with Crippen molar-refractivity contribution in [3.05, 3.63) is 72.3 Å². The number of nitrogens with one attached hydrogen (secondary N) is 1. The third-order valence-electron chi connectivity index (χ3n) is 3.41. The van der Waals surface area contributed by atoms with E-state index in [1.807, 2.05) is 30.3 Å². The van der Waals surface area contributed by atoms with Gasteiger partial charge in [-0.15, -0.1) is 6.58 Å². The van der Waals surface area contributed by atoms with E-state index in [0.29, 0.717) is 11.4 Å². The van der Waals surface area contributed by atoms with E-state index in [9.17, 15) is 8.42 Å². The molecule has 0 aliphatic carbocycles. The van der Waals surface area contributed by atoms with E-state index in [0.717, 1.165) is 18.4 Å². The summed E-state index contributed by atoms with van der Waals surface area (Å²) in [6, 6.07) is 15.7. The van der Waals surface area contributed by atoms with E-state index in [1.165, 1.54) is 18.7 Å². The van der Waals surface area contributed by atoms with Crippen molar-refractivity contribution in [3.63, 3.8) is 0 Å². The average Bonchev–Trinajstić information content (AvgIpc) is 2.54. The number of hydrogen-bond donors (Lipinski definition) is 1. The second-order valence-electron chi connectivity index (χ2n) is 5.19. The van der Waals surface area contributed by atoms with Crippen LogP contribution in [0, 0.1) is 0 Å². The molecule has 0 amide bonds. The van der Waals surface area contributed by atoms with Crippen LogP contribution in [0.5, 0.6) is 5.75 Å². The molecule has 0 atom stereocenters. The Kier molecular flexibility index (Phi) is 5.82. The van der Waals surface area contributed by atoms with Crippen molar-refractivity contribution in [2.45, 2.75) is 12.8 Å². The van der Waals surface area contributed by atoms with Crippen molar-refractivity contribution < 1.29 is 13.2 Å². The van der Waals surface area contributed by atoms with Gasteiger partial charge in [-0.1, -0.05) is 42.5 Å². The molecule has 2 aromatic rings. The van der Waals surface area contributed by atoms with E-state index < -0.39 is 10.0 Å². The van der Waals surface area contributed by atoms with E-state index in [-0.39, 0.29) is 5.75 Å². The van der Waals surface area contributed by atoms with E-state index in [2.05, 4.69) is 23.4 Å². The standard InChI is InChI=1S/C18H21NO3S/c1-3-13-23(20,21)19-17-12-11-16(14-18(17)22-2)10-9-15-7-5-4-6-8-15/h3-8,11-12,14,19H,1,9-10,13H2,2H3. The number of hydrogen-bond acceptors (Lipinski definition) is 3. The molecule has 23 heavy (non-hydrogen) atoms. The maximum Gasteiger partial charge on any atom is 0.236 e. The number of ether oxygens (including phenoxy) is 1. The second kappa shape index (κ2) is 7.83. The molecule has 0 saturated carbocycles. The first-order chi connectivity index (χ1) is 11.0. The highest BCUT2D eigenvalue weighted by Crippen LogP contribution is 2.27. The molecule has 0 bridgehead atoms. The zero-order valence-electron chi connectivity index (χ0n) is 13.2. The van der Waals surface area contributed by atoms with Crippen LogP contribution >= 0.6 is 0 Å². The van der Waals surface area contributed by atoms with Crippen molar-refractivity contribution in [2.24, 2.45) is 0 Å². The smallest absolute Gasteiger partial charge is 0.236 e. The summed E-state index contributed by atoms with van der Waals surface area (Å²) in [7, 11) is -1.90. The fraction of sp³-hybridized carbons (Fsp3) is 0.222. The van der Waals surface area contributed by atoms with Gasteiger partial charge in [-0.3, -0.25) is 4.72 Å². The fourth-order valence-corrected chi connectivity index (χ4v) is 3.17. The summed E-state index contributed by atoms with van der Waals surface area (Å²) in [6.45, 7) is 3.45. The minimum Gasteiger partial charge on any atom is -0.495 e. The van der Waals surface area contributed by atoms with Gasteiger partial charge in [-0.25, -0.2) is 8.42 Å².